The molecule has 0 unspecified atom stereocenters. The average molecular weight is 1070 g/mol. The zero-order chi connectivity index (χ0) is 53.8. The Morgan fingerprint density at radius 3 is 2.36 bits per heavy atom. The molecule has 23 heteroatoms. The van der Waals surface area contributed by atoms with Gasteiger partial charge in [-0.3, -0.25) is 42.6 Å². The van der Waals surface area contributed by atoms with Gasteiger partial charge in [-0.15, -0.1) is 0 Å². The first-order chi connectivity index (χ1) is 37.2. The molecule has 0 bridgehead atoms. The molecule has 2 aliphatic rings. The van der Waals surface area contributed by atoms with Gasteiger partial charge in [0, 0.05) is 100 Å². The van der Waals surface area contributed by atoms with Crippen LogP contribution in [0.3, 0.4) is 0 Å². The molecule has 4 aromatic heterocycles. The molecular formula is C54H58FN13O8S. The first-order valence-corrected chi connectivity index (χ1v) is 26.9. The molecule has 1 saturated heterocycles. The number of nitrogens with one attached hydrogen (secondary N) is 5. The van der Waals surface area contributed by atoms with E-state index in [1.165, 1.54) is 51.6 Å². The first kappa shape index (κ1) is 51.9. The molecule has 77 heavy (non-hydrogen) atoms. The number of hydrogen-bond acceptors (Lipinski definition) is 13. The Bertz CT molecular complexity index is 3680. The molecule has 1 saturated carbocycles. The number of sulfonamides is 1. The Morgan fingerprint density at radius 2 is 1.61 bits per heavy atom. The quantitative estimate of drug-likeness (QED) is 0.0481. The number of aryl methyl sites for hydroxylation is 2. The van der Waals surface area contributed by atoms with Gasteiger partial charge in [-0.25, -0.2) is 27.6 Å². The number of carbonyl (C=O) groups is 3. The summed E-state index contributed by atoms with van der Waals surface area (Å²) in [6.07, 6.45) is 11.5. The molecular weight excluding hydrogens is 1010 g/mol. The maximum Gasteiger partial charge on any atom is 0.328 e. The number of anilines is 3. The molecule has 1 aliphatic carbocycles. The van der Waals surface area contributed by atoms with Crippen molar-refractivity contribution in [2.75, 3.05) is 62.5 Å². The first-order valence-electron chi connectivity index (χ1n) is 25.5. The zero-order valence-electron chi connectivity index (χ0n) is 42.7. The third-order valence-corrected chi connectivity index (χ3v) is 14.9. The van der Waals surface area contributed by atoms with E-state index < -0.39 is 21.7 Å². The SMILES string of the molecule is CCCCOc1cccc(Oc2cc3c(cc2NS(=O)(=O)c2cccc(C(=O)NCCCNC(=O)CN4CCN(C(=O)c5ccc(Nc6nc(C7CC7)cn7c(-c8cn[nH]c8)cnc67)c(F)c5)CC4)c2)n(C)c(=O)n3C)c1. The van der Waals surface area contributed by atoms with Crippen LogP contribution < -0.4 is 35.8 Å². The fraction of sp³-hybridized carbons (Fsp3) is 0.315. The van der Waals surface area contributed by atoms with Crippen LogP contribution in [0.1, 0.15) is 71.4 Å². The summed E-state index contributed by atoms with van der Waals surface area (Å²) < 4.78 is 63.1. The van der Waals surface area contributed by atoms with Crippen molar-refractivity contribution in [3.05, 3.63) is 137 Å². The van der Waals surface area contributed by atoms with Crippen LogP contribution in [0.5, 0.6) is 17.2 Å². The van der Waals surface area contributed by atoms with Crippen molar-refractivity contribution in [2.24, 2.45) is 14.1 Å². The largest absolute Gasteiger partial charge is 0.493 e. The van der Waals surface area contributed by atoms with Gasteiger partial charge in [0.25, 0.3) is 21.8 Å². The van der Waals surface area contributed by atoms with Gasteiger partial charge in [-0.05, 0) is 80.3 Å². The minimum atomic E-state index is -4.31. The maximum atomic E-state index is 15.7. The highest BCUT2D eigenvalue weighted by Crippen LogP contribution is 2.41. The number of rotatable bonds is 21. The fourth-order valence-corrected chi connectivity index (χ4v) is 10.2. The van der Waals surface area contributed by atoms with Crippen LogP contribution in [0.25, 0.3) is 27.9 Å². The Hall–Kier alpha value is -8.57. The van der Waals surface area contributed by atoms with Crippen LogP contribution in [0, 0.1) is 5.82 Å². The monoisotopic (exact) mass is 1070 g/mol. The number of piperazine rings is 1. The van der Waals surface area contributed by atoms with Crippen molar-refractivity contribution in [3.63, 3.8) is 0 Å². The van der Waals surface area contributed by atoms with Gasteiger partial charge in [0.05, 0.1) is 64.2 Å². The Balaban J connectivity index is 0.683. The van der Waals surface area contributed by atoms with E-state index in [1.54, 1.807) is 74.0 Å². The van der Waals surface area contributed by atoms with E-state index >= 15 is 4.39 Å². The molecule has 0 radical (unpaired) electrons. The number of aromatic amines is 1. The van der Waals surface area contributed by atoms with Gasteiger partial charge in [-0.1, -0.05) is 25.5 Å². The summed E-state index contributed by atoms with van der Waals surface area (Å²) in [7, 11) is -1.11. The van der Waals surface area contributed by atoms with Crippen molar-refractivity contribution in [3.8, 4) is 28.5 Å². The Morgan fingerprint density at radius 1 is 0.844 bits per heavy atom. The summed E-state index contributed by atoms with van der Waals surface area (Å²) in [5, 5.41) is 15.7. The van der Waals surface area contributed by atoms with Gasteiger partial charge in [0.2, 0.25) is 5.91 Å². The van der Waals surface area contributed by atoms with E-state index in [0.29, 0.717) is 79.1 Å². The highest BCUT2D eigenvalue weighted by atomic mass is 32.2. The molecule has 1 aliphatic heterocycles. The molecule has 5 heterocycles. The minimum absolute atomic E-state index is 0.0670. The Kier molecular flexibility index (Phi) is 15.1. The third kappa shape index (κ3) is 11.6. The van der Waals surface area contributed by atoms with Gasteiger partial charge in [0.1, 0.15) is 17.3 Å². The molecule has 8 aromatic rings. The predicted molar refractivity (Wildman–Crippen MR) is 287 cm³/mol. The second-order valence-electron chi connectivity index (χ2n) is 19.1. The third-order valence-electron chi connectivity index (χ3n) is 13.6. The molecule has 2 fully saturated rings. The van der Waals surface area contributed by atoms with E-state index in [9.17, 15) is 27.6 Å². The van der Waals surface area contributed by atoms with Crippen molar-refractivity contribution < 1.29 is 36.7 Å². The second-order valence-corrected chi connectivity index (χ2v) is 20.8. The molecule has 5 N–H and O–H groups in total. The number of hydrogen-bond donors (Lipinski definition) is 5. The van der Waals surface area contributed by atoms with Crippen molar-refractivity contribution in [2.45, 2.75) is 49.8 Å². The van der Waals surface area contributed by atoms with E-state index in [0.717, 1.165) is 42.6 Å². The highest BCUT2D eigenvalue weighted by Gasteiger charge is 2.29. The lowest BCUT2D eigenvalue weighted by atomic mass is 10.1. The molecule has 0 spiro atoms. The topological polar surface area (TPSA) is 244 Å². The Labute approximate surface area is 442 Å². The lowest BCUT2D eigenvalue weighted by Crippen LogP contribution is -2.51. The number of unbranched alkanes of at least 4 members (excludes halogenated alkanes) is 1. The number of amides is 3. The van der Waals surface area contributed by atoms with Crippen LogP contribution in [-0.2, 0) is 28.9 Å². The van der Waals surface area contributed by atoms with Gasteiger partial charge in [0.15, 0.2) is 17.2 Å². The van der Waals surface area contributed by atoms with Gasteiger partial charge in [-0.2, -0.15) is 5.10 Å². The van der Waals surface area contributed by atoms with E-state index in [4.69, 9.17) is 14.5 Å². The number of nitrogens with zero attached hydrogens (tertiary/aromatic N) is 8. The summed E-state index contributed by atoms with van der Waals surface area (Å²) in [5.74, 6) is 0.177. The molecule has 0 atom stereocenters. The molecule has 4 aromatic carbocycles. The molecule has 400 valence electrons. The number of halogens is 1. The van der Waals surface area contributed by atoms with Gasteiger partial charge >= 0.3 is 5.69 Å². The zero-order valence-corrected chi connectivity index (χ0v) is 43.5. The van der Waals surface area contributed by atoms with Crippen LogP contribution >= 0.6 is 0 Å². The normalized spacial score (nSPS) is 13.9. The van der Waals surface area contributed by atoms with Crippen molar-refractivity contribution in [1.82, 2.24) is 54.1 Å². The highest BCUT2D eigenvalue weighted by molar-refractivity contribution is 7.92. The number of ether oxygens (including phenoxy) is 2. The van der Waals surface area contributed by atoms with Crippen LogP contribution in [0.15, 0.2) is 113 Å². The smallest absolute Gasteiger partial charge is 0.328 e. The van der Waals surface area contributed by atoms with Crippen LogP contribution in [0.2, 0.25) is 0 Å². The maximum absolute atomic E-state index is 15.7. The molecule has 3 amide bonds. The van der Waals surface area contributed by atoms with E-state index in [-0.39, 0.29) is 70.3 Å². The second kappa shape index (κ2) is 22.3. The molecule has 10 rings (SSSR count). The number of aromatic nitrogens is 7. The lowest BCUT2D eigenvalue weighted by molar-refractivity contribution is -0.122. The lowest BCUT2D eigenvalue weighted by Gasteiger charge is -2.34. The number of carbonyl (C=O) groups excluding carboxylic acids is 3. The summed E-state index contributed by atoms with van der Waals surface area (Å²) in [5.41, 5.74) is 4.28. The summed E-state index contributed by atoms with van der Waals surface area (Å²) in [6, 6.07) is 20.0. The van der Waals surface area contributed by atoms with Crippen LogP contribution in [0.4, 0.5) is 21.6 Å². The number of fused-ring (bicyclic) bond motifs is 2. The number of benzene rings is 4. The van der Waals surface area contributed by atoms with E-state index in [2.05, 4.69) is 42.8 Å². The van der Waals surface area contributed by atoms with Crippen LogP contribution in [-0.4, -0.2) is 122 Å². The number of H-pyrrole nitrogens is 1. The number of imidazole rings is 2. The van der Waals surface area contributed by atoms with Crippen molar-refractivity contribution in [1.29, 1.82) is 0 Å². The minimum Gasteiger partial charge on any atom is -0.493 e. The average Bonchev–Trinajstić information content (AvgIpc) is 3.89. The summed E-state index contributed by atoms with van der Waals surface area (Å²) >= 11 is 0. The van der Waals surface area contributed by atoms with Gasteiger partial charge < -0.3 is 30.3 Å². The summed E-state index contributed by atoms with van der Waals surface area (Å²) in [6.45, 7) is 4.73. The standard InChI is InChI=1S/C54H58FN13O8S/c1-4-5-23-75-38-10-7-11-39(26-38)76-48-28-46-45(64(2)54(72)65(46)3)27-43(48)63-77(73,74)40-12-6-9-35(24-40)52(70)57-18-8-17-56-49(69)33-66-19-21-67(22-20-66)53(71)36-15-16-42(41(55)25-36)61-50-51-58-31-47(37-29-59-60-30-37)68(51)32-44(62-50)34-13-14-34/h6-7,9-12,15-16,24-32,34,63H,4-5,8,13-14,17-23,33H2,1-3H3,(H,56,69)(H,57,70)(H,59,60)(H,61,62). The van der Waals surface area contributed by atoms with E-state index in [1.807, 2.05) is 15.5 Å². The fourth-order valence-electron chi connectivity index (χ4n) is 9.11. The summed E-state index contributed by atoms with van der Waals surface area (Å²) in [4.78, 5) is 65.3. The van der Waals surface area contributed by atoms with Crippen molar-refractivity contribution >= 4 is 61.6 Å². The predicted octanol–water partition coefficient (Wildman–Crippen LogP) is 6.54. The molecule has 21 nitrogen and oxygen atoms in total.